The minimum atomic E-state index is -3.44. The summed E-state index contributed by atoms with van der Waals surface area (Å²) in [6.45, 7) is 4.98. The fourth-order valence-corrected chi connectivity index (χ4v) is 7.53. The van der Waals surface area contributed by atoms with Gasteiger partial charge in [0.15, 0.2) is 15.6 Å². The van der Waals surface area contributed by atoms with Crippen molar-refractivity contribution in [2.75, 3.05) is 39.1 Å². The molecule has 0 spiro atoms. The quantitative estimate of drug-likeness (QED) is 0.206. The first-order valence-electron chi connectivity index (χ1n) is 13.3. The van der Waals surface area contributed by atoms with Gasteiger partial charge in [-0.05, 0) is 105 Å². The summed E-state index contributed by atoms with van der Waals surface area (Å²) >= 11 is 1.53. The van der Waals surface area contributed by atoms with Crippen LogP contribution in [0.1, 0.15) is 42.1 Å². The predicted molar refractivity (Wildman–Crippen MR) is 157 cm³/mol. The van der Waals surface area contributed by atoms with Gasteiger partial charge in [0, 0.05) is 32.6 Å². The largest absolute Gasteiger partial charge is 0.497 e. The molecule has 0 aliphatic carbocycles. The molecule has 1 aliphatic heterocycles. The van der Waals surface area contributed by atoms with E-state index < -0.39 is 9.84 Å². The number of fused-ring (bicyclic) bond motifs is 1. The molecular formula is C31H33NO5S2. The second kappa shape index (κ2) is 11.9. The predicted octanol–water partition coefficient (Wildman–Crippen LogP) is 6.47. The highest BCUT2D eigenvalue weighted by atomic mass is 32.2. The highest BCUT2D eigenvalue weighted by Gasteiger charge is 2.23. The summed E-state index contributed by atoms with van der Waals surface area (Å²) in [5.74, 6) is 1.43. The smallest absolute Gasteiger partial charge is 0.195 e. The van der Waals surface area contributed by atoms with E-state index >= 15 is 0 Å². The number of ketones is 1. The van der Waals surface area contributed by atoms with Crippen molar-refractivity contribution in [2.24, 2.45) is 0 Å². The Balaban J connectivity index is 1.45. The van der Waals surface area contributed by atoms with E-state index in [1.54, 1.807) is 31.4 Å². The number of thiophene rings is 1. The molecule has 0 saturated carbocycles. The number of carbonyl (C=O) groups excluding carboxylic acids is 1. The molecule has 4 aromatic rings. The Morgan fingerprint density at radius 3 is 2.28 bits per heavy atom. The van der Waals surface area contributed by atoms with Gasteiger partial charge in [-0.3, -0.25) is 4.79 Å². The number of benzene rings is 3. The summed E-state index contributed by atoms with van der Waals surface area (Å²) in [6, 6.07) is 19.8. The Kier molecular flexibility index (Phi) is 8.35. The van der Waals surface area contributed by atoms with Crippen LogP contribution in [-0.2, 0) is 9.84 Å². The van der Waals surface area contributed by atoms with Crippen LogP contribution in [0, 0.1) is 0 Å². The van der Waals surface area contributed by atoms with E-state index in [1.165, 1.54) is 17.8 Å². The van der Waals surface area contributed by atoms with Crippen LogP contribution in [0.4, 0.5) is 0 Å². The molecule has 0 bridgehead atoms. The maximum absolute atomic E-state index is 13.9. The van der Waals surface area contributed by atoms with Crippen LogP contribution < -0.4 is 9.47 Å². The minimum absolute atomic E-state index is 0.0825. The van der Waals surface area contributed by atoms with E-state index in [0.29, 0.717) is 24.3 Å². The van der Waals surface area contributed by atoms with Crippen molar-refractivity contribution in [2.45, 2.75) is 31.1 Å². The Hall–Kier alpha value is -3.20. The molecule has 6 nitrogen and oxygen atoms in total. The van der Waals surface area contributed by atoms with Gasteiger partial charge in [0.1, 0.15) is 11.5 Å². The van der Waals surface area contributed by atoms with E-state index in [2.05, 4.69) is 4.90 Å². The molecule has 5 rings (SSSR count). The van der Waals surface area contributed by atoms with Crippen LogP contribution in [0.25, 0.3) is 20.5 Å². The molecule has 0 amide bonds. The summed E-state index contributed by atoms with van der Waals surface area (Å²) in [5, 5.41) is 0.841. The molecule has 2 heterocycles. The van der Waals surface area contributed by atoms with Gasteiger partial charge in [-0.2, -0.15) is 0 Å². The SMILES string of the molecule is CCOc1ccc(-c2sc3cc(OC)ccc3c2C(=O)c2ccc(S(=O)(=O)CCN3CCCCC3)cc2)cc1. The number of rotatable bonds is 10. The Morgan fingerprint density at radius 2 is 1.62 bits per heavy atom. The molecule has 1 fully saturated rings. The lowest BCUT2D eigenvalue weighted by molar-refractivity contribution is 0.104. The molecule has 0 unspecified atom stereocenters. The van der Waals surface area contributed by atoms with E-state index in [9.17, 15) is 13.2 Å². The third kappa shape index (κ3) is 6.03. The second-order valence-corrected chi connectivity index (χ2v) is 12.9. The van der Waals surface area contributed by atoms with Crippen LogP contribution in [0.2, 0.25) is 0 Å². The molecule has 8 heteroatoms. The first-order chi connectivity index (χ1) is 18.9. The van der Waals surface area contributed by atoms with Crippen LogP contribution in [0.3, 0.4) is 0 Å². The molecular weight excluding hydrogens is 530 g/mol. The highest BCUT2D eigenvalue weighted by Crippen LogP contribution is 2.41. The third-order valence-electron chi connectivity index (χ3n) is 7.15. The molecule has 0 atom stereocenters. The number of hydrogen-bond donors (Lipinski definition) is 0. The topological polar surface area (TPSA) is 72.9 Å². The molecule has 3 aromatic carbocycles. The summed E-state index contributed by atoms with van der Waals surface area (Å²) in [4.78, 5) is 17.3. The average Bonchev–Trinajstić information content (AvgIpc) is 3.35. The third-order valence-corrected chi connectivity index (χ3v) is 10.1. The van der Waals surface area contributed by atoms with Crippen LogP contribution in [-0.4, -0.2) is 58.2 Å². The fraction of sp³-hybridized carbons (Fsp3) is 0.323. The number of nitrogens with zero attached hydrogens (tertiary/aromatic N) is 1. The molecule has 204 valence electrons. The summed E-state index contributed by atoms with van der Waals surface area (Å²) in [5.41, 5.74) is 1.97. The highest BCUT2D eigenvalue weighted by molar-refractivity contribution is 7.91. The molecule has 0 N–H and O–H groups in total. The van der Waals surface area contributed by atoms with Crippen molar-refractivity contribution in [1.29, 1.82) is 0 Å². The van der Waals surface area contributed by atoms with Gasteiger partial charge < -0.3 is 14.4 Å². The van der Waals surface area contributed by atoms with Gasteiger partial charge in [-0.15, -0.1) is 11.3 Å². The van der Waals surface area contributed by atoms with Crippen molar-refractivity contribution in [3.05, 3.63) is 77.9 Å². The summed E-state index contributed by atoms with van der Waals surface area (Å²) in [7, 11) is -1.81. The van der Waals surface area contributed by atoms with Crippen molar-refractivity contribution in [1.82, 2.24) is 4.90 Å². The van der Waals surface area contributed by atoms with E-state index in [1.807, 2.05) is 49.4 Å². The van der Waals surface area contributed by atoms with E-state index in [4.69, 9.17) is 9.47 Å². The number of likely N-dealkylation sites (tertiary alicyclic amines) is 1. The van der Waals surface area contributed by atoms with Gasteiger partial charge in [-0.25, -0.2) is 8.42 Å². The van der Waals surface area contributed by atoms with Crippen molar-refractivity contribution < 1.29 is 22.7 Å². The zero-order valence-corrected chi connectivity index (χ0v) is 23.9. The summed E-state index contributed by atoms with van der Waals surface area (Å²) in [6.07, 6.45) is 3.46. The number of piperidine rings is 1. The Labute approximate surface area is 234 Å². The number of sulfone groups is 1. The van der Waals surface area contributed by atoms with Gasteiger partial charge in [0.05, 0.1) is 24.4 Å². The monoisotopic (exact) mass is 563 g/mol. The lowest BCUT2D eigenvalue weighted by Gasteiger charge is -2.26. The molecule has 0 radical (unpaired) electrons. The molecule has 1 aliphatic rings. The van der Waals surface area contributed by atoms with Crippen molar-refractivity contribution in [3.63, 3.8) is 0 Å². The van der Waals surface area contributed by atoms with Crippen LogP contribution in [0.15, 0.2) is 71.6 Å². The fourth-order valence-electron chi connectivity index (χ4n) is 5.01. The van der Waals surface area contributed by atoms with Crippen molar-refractivity contribution in [3.8, 4) is 21.9 Å². The van der Waals surface area contributed by atoms with E-state index in [-0.39, 0.29) is 16.4 Å². The normalized spacial score (nSPS) is 14.4. The molecule has 39 heavy (non-hydrogen) atoms. The Bertz CT molecular complexity index is 1550. The Morgan fingerprint density at radius 1 is 0.923 bits per heavy atom. The zero-order chi connectivity index (χ0) is 27.4. The van der Waals surface area contributed by atoms with Crippen LogP contribution in [0.5, 0.6) is 11.5 Å². The van der Waals surface area contributed by atoms with E-state index in [0.717, 1.165) is 58.0 Å². The minimum Gasteiger partial charge on any atom is -0.497 e. The first-order valence-corrected chi connectivity index (χ1v) is 15.8. The maximum Gasteiger partial charge on any atom is 0.195 e. The van der Waals surface area contributed by atoms with Gasteiger partial charge in [-0.1, -0.05) is 6.42 Å². The second-order valence-electron chi connectivity index (χ2n) is 9.70. The van der Waals surface area contributed by atoms with Gasteiger partial charge >= 0.3 is 0 Å². The lowest BCUT2D eigenvalue weighted by atomic mass is 9.97. The van der Waals surface area contributed by atoms with Crippen LogP contribution >= 0.6 is 11.3 Å². The van der Waals surface area contributed by atoms with Crippen molar-refractivity contribution >= 4 is 37.0 Å². The molecule has 1 aromatic heterocycles. The summed E-state index contributed by atoms with van der Waals surface area (Å²) < 4.78 is 38.0. The van der Waals surface area contributed by atoms with Gasteiger partial charge in [0.25, 0.3) is 0 Å². The van der Waals surface area contributed by atoms with Gasteiger partial charge in [0.2, 0.25) is 0 Å². The first kappa shape index (κ1) is 27.4. The number of hydrogen-bond acceptors (Lipinski definition) is 7. The molecule has 1 saturated heterocycles. The lowest BCUT2D eigenvalue weighted by Crippen LogP contribution is -2.33. The number of ether oxygens (including phenoxy) is 2. The zero-order valence-electron chi connectivity index (χ0n) is 22.3. The number of carbonyl (C=O) groups is 1. The average molecular weight is 564 g/mol. The maximum atomic E-state index is 13.9. The number of methoxy groups -OCH3 is 1. The standard InChI is InChI=1S/C31H33NO5S2/c1-3-37-24-11-7-23(8-12-24)31-29(27-16-13-25(36-2)21-28(27)38-31)30(33)22-9-14-26(15-10-22)39(34,35)20-19-32-17-5-4-6-18-32/h7-16,21H,3-6,17-20H2,1-2H3.